The molecule has 1 atom stereocenters. The quantitative estimate of drug-likeness (QED) is 0.596. The summed E-state index contributed by atoms with van der Waals surface area (Å²) in [4.78, 5) is 2.34. The molecule has 2 aromatic rings. The van der Waals surface area contributed by atoms with Crippen molar-refractivity contribution in [2.75, 3.05) is 32.8 Å². The Morgan fingerprint density at radius 1 is 1.03 bits per heavy atom. The molecule has 0 spiro atoms. The van der Waals surface area contributed by atoms with Gasteiger partial charge in [-0.3, -0.25) is 0 Å². The first kappa shape index (κ1) is 21.8. The summed E-state index contributed by atoms with van der Waals surface area (Å²) in [6.45, 7) is 4.54. The van der Waals surface area contributed by atoms with Crippen LogP contribution < -0.4 is 10.1 Å². The zero-order valence-electron chi connectivity index (χ0n) is 17.2. The first-order chi connectivity index (χ1) is 14.2. The Labute approximate surface area is 173 Å². The summed E-state index contributed by atoms with van der Waals surface area (Å²) < 4.78 is 19.5. The monoisotopic (exact) mass is 400 g/mol. The first-order valence-electron chi connectivity index (χ1n) is 10.8. The molecule has 1 saturated heterocycles. The summed E-state index contributed by atoms with van der Waals surface area (Å²) in [6.07, 6.45) is 5.22. The second kappa shape index (κ2) is 11.9. The van der Waals surface area contributed by atoms with Gasteiger partial charge in [0.15, 0.2) is 0 Å². The normalized spacial score (nSPS) is 16.3. The third-order valence-electron chi connectivity index (χ3n) is 5.37. The number of aliphatic hydroxyl groups is 1. The van der Waals surface area contributed by atoms with Crippen molar-refractivity contribution in [3.63, 3.8) is 0 Å². The van der Waals surface area contributed by atoms with Crippen LogP contribution in [0.1, 0.15) is 36.8 Å². The van der Waals surface area contributed by atoms with Crippen molar-refractivity contribution < 1.29 is 14.2 Å². The van der Waals surface area contributed by atoms with Crippen LogP contribution in [0.25, 0.3) is 0 Å². The molecule has 3 rings (SSSR count). The molecule has 1 fully saturated rings. The summed E-state index contributed by atoms with van der Waals surface area (Å²) in [5.41, 5.74) is 1.84. The minimum absolute atomic E-state index is 0.150. The molecule has 158 valence electrons. The zero-order chi connectivity index (χ0) is 20.3. The molecule has 0 bridgehead atoms. The number of hydrogen-bond donors (Lipinski definition) is 2. The largest absolute Gasteiger partial charge is 0.491 e. The van der Waals surface area contributed by atoms with E-state index >= 15 is 0 Å². The van der Waals surface area contributed by atoms with Gasteiger partial charge in [-0.15, -0.1) is 0 Å². The number of hydrogen-bond acceptors (Lipinski definition) is 4. The molecule has 2 N–H and O–H groups in total. The number of benzene rings is 2. The minimum Gasteiger partial charge on any atom is -0.491 e. The fourth-order valence-electron chi connectivity index (χ4n) is 3.76. The smallest absolute Gasteiger partial charge is 0.126 e. The van der Waals surface area contributed by atoms with Crippen LogP contribution in [0.15, 0.2) is 48.5 Å². The average Bonchev–Trinajstić information content (AvgIpc) is 3.00. The second-order valence-electron chi connectivity index (χ2n) is 7.85. The Bertz CT molecular complexity index is 732. The van der Waals surface area contributed by atoms with Gasteiger partial charge in [0.25, 0.3) is 0 Å². The fraction of sp³-hybridized carbons (Fsp3) is 0.500. The summed E-state index contributed by atoms with van der Waals surface area (Å²) >= 11 is 0. The van der Waals surface area contributed by atoms with Gasteiger partial charge in [-0.25, -0.2) is 4.39 Å². The van der Waals surface area contributed by atoms with Crippen molar-refractivity contribution in [3.8, 4) is 5.75 Å². The third-order valence-corrected chi connectivity index (χ3v) is 5.37. The summed E-state index contributed by atoms with van der Waals surface area (Å²) in [7, 11) is 0. The van der Waals surface area contributed by atoms with Crippen LogP contribution in [0, 0.1) is 5.82 Å². The molecule has 0 saturated carbocycles. The van der Waals surface area contributed by atoms with E-state index in [0.29, 0.717) is 32.7 Å². The molecule has 2 aromatic carbocycles. The molecular formula is C24H33FN2O2. The Morgan fingerprint density at radius 3 is 2.62 bits per heavy atom. The van der Waals surface area contributed by atoms with Gasteiger partial charge >= 0.3 is 0 Å². The number of β-amino-alcohol motifs (C(OH)–C–C–N with tert-alkyl or cyclic N) is 1. The van der Waals surface area contributed by atoms with Crippen LogP contribution in [0.5, 0.6) is 5.75 Å². The Morgan fingerprint density at radius 2 is 1.83 bits per heavy atom. The minimum atomic E-state index is -0.476. The maximum Gasteiger partial charge on any atom is 0.126 e. The van der Waals surface area contributed by atoms with Crippen LogP contribution in [0.4, 0.5) is 4.39 Å². The van der Waals surface area contributed by atoms with Gasteiger partial charge in [0.2, 0.25) is 0 Å². The SMILES string of the molecule is OC(COc1cccc(CNCCc2ccccc2F)c1)CN1CCCCCC1. The number of nitrogens with zero attached hydrogens (tertiary/aromatic N) is 1. The Hall–Kier alpha value is -1.95. The first-order valence-corrected chi connectivity index (χ1v) is 10.8. The highest BCUT2D eigenvalue weighted by Crippen LogP contribution is 2.15. The van der Waals surface area contributed by atoms with Gasteiger partial charge in [0.1, 0.15) is 24.3 Å². The highest BCUT2D eigenvalue weighted by molar-refractivity contribution is 5.28. The topological polar surface area (TPSA) is 44.7 Å². The number of aliphatic hydroxyl groups excluding tert-OH is 1. The number of halogens is 1. The highest BCUT2D eigenvalue weighted by Gasteiger charge is 2.14. The average molecular weight is 401 g/mol. The van der Waals surface area contributed by atoms with Crippen molar-refractivity contribution >= 4 is 0 Å². The van der Waals surface area contributed by atoms with E-state index in [1.807, 2.05) is 36.4 Å². The lowest BCUT2D eigenvalue weighted by atomic mass is 10.1. The summed E-state index contributed by atoms with van der Waals surface area (Å²) in [5, 5.41) is 13.7. The van der Waals surface area contributed by atoms with Crippen molar-refractivity contribution in [1.29, 1.82) is 0 Å². The maximum absolute atomic E-state index is 13.6. The maximum atomic E-state index is 13.6. The van der Waals surface area contributed by atoms with Gasteiger partial charge in [-0.2, -0.15) is 0 Å². The predicted molar refractivity (Wildman–Crippen MR) is 115 cm³/mol. The summed E-state index contributed by atoms with van der Waals surface area (Å²) in [5.74, 6) is 0.622. The molecule has 1 heterocycles. The second-order valence-corrected chi connectivity index (χ2v) is 7.85. The van der Waals surface area contributed by atoms with E-state index in [1.54, 1.807) is 6.07 Å². The molecule has 0 amide bonds. The van der Waals surface area contributed by atoms with Gasteiger partial charge in [-0.05, 0) is 68.2 Å². The van der Waals surface area contributed by atoms with Crippen molar-refractivity contribution in [3.05, 3.63) is 65.5 Å². The summed E-state index contributed by atoms with van der Waals surface area (Å²) in [6, 6.07) is 14.8. The van der Waals surface area contributed by atoms with Crippen molar-refractivity contribution in [2.45, 2.75) is 44.8 Å². The zero-order valence-corrected chi connectivity index (χ0v) is 17.2. The number of ether oxygens (including phenoxy) is 1. The molecule has 1 aliphatic heterocycles. The molecular weight excluding hydrogens is 367 g/mol. The van der Waals surface area contributed by atoms with Gasteiger partial charge in [0, 0.05) is 13.1 Å². The lowest BCUT2D eigenvalue weighted by molar-refractivity contribution is 0.0693. The van der Waals surface area contributed by atoms with Crippen LogP contribution in [0.3, 0.4) is 0 Å². The van der Waals surface area contributed by atoms with Crippen LogP contribution in [-0.2, 0) is 13.0 Å². The van der Waals surface area contributed by atoms with Gasteiger partial charge < -0.3 is 20.1 Å². The molecule has 0 aliphatic carbocycles. The Balaban J connectivity index is 1.38. The number of nitrogens with one attached hydrogen (secondary N) is 1. The van der Waals surface area contributed by atoms with E-state index in [0.717, 1.165) is 30.0 Å². The standard InChI is InChI=1S/C24H33FN2O2/c25-24-11-4-3-9-21(24)12-13-26-17-20-8-7-10-23(16-20)29-19-22(28)18-27-14-5-1-2-6-15-27/h3-4,7-11,16,22,26,28H,1-2,5-6,12-15,17-19H2. The van der Waals surface area contributed by atoms with E-state index in [-0.39, 0.29) is 5.82 Å². The lowest BCUT2D eigenvalue weighted by Crippen LogP contribution is -2.36. The van der Waals surface area contributed by atoms with Crippen LogP contribution >= 0.6 is 0 Å². The number of likely N-dealkylation sites (tertiary alicyclic amines) is 1. The molecule has 4 nitrogen and oxygen atoms in total. The van der Waals surface area contributed by atoms with Crippen molar-refractivity contribution in [2.24, 2.45) is 0 Å². The Kier molecular flexibility index (Phi) is 8.93. The van der Waals surface area contributed by atoms with E-state index in [1.165, 1.54) is 31.7 Å². The molecule has 0 radical (unpaired) electrons. The lowest BCUT2D eigenvalue weighted by Gasteiger charge is -2.23. The molecule has 5 heteroatoms. The predicted octanol–water partition coefficient (Wildman–Crippen LogP) is 3.77. The van der Waals surface area contributed by atoms with E-state index in [2.05, 4.69) is 10.2 Å². The third kappa shape index (κ3) is 7.77. The van der Waals surface area contributed by atoms with E-state index in [9.17, 15) is 9.50 Å². The number of rotatable bonds is 10. The van der Waals surface area contributed by atoms with Gasteiger partial charge in [0.05, 0.1) is 0 Å². The van der Waals surface area contributed by atoms with E-state index in [4.69, 9.17) is 4.74 Å². The van der Waals surface area contributed by atoms with E-state index < -0.39 is 6.10 Å². The molecule has 1 unspecified atom stereocenters. The fourth-order valence-corrected chi connectivity index (χ4v) is 3.76. The molecule has 1 aliphatic rings. The van der Waals surface area contributed by atoms with Gasteiger partial charge in [-0.1, -0.05) is 43.2 Å². The van der Waals surface area contributed by atoms with Crippen LogP contribution in [0.2, 0.25) is 0 Å². The van der Waals surface area contributed by atoms with Crippen LogP contribution in [-0.4, -0.2) is 48.9 Å². The van der Waals surface area contributed by atoms with Crippen molar-refractivity contribution in [1.82, 2.24) is 10.2 Å². The molecule has 29 heavy (non-hydrogen) atoms. The highest BCUT2D eigenvalue weighted by atomic mass is 19.1. The molecule has 0 aromatic heterocycles.